The van der Waals surface area contributed by atoms with Crippen molar-refractivity contribution in [1.82, 2.24) is 14.6 Å². The summed E-state index contributed by atoms with van der Waals surface area (Å²) in [7, 11) is 0. The number of nitrogens with one attached hydrogen (secondary N) is 1. The molecule has 11 heteroatoms. The van der Waals surface area contributed by atoms with Crippen molar-refractivity contribution < 1.29 is 27.4 Å². The first kappa shape index (κ1) is 21.3. The summed E-state index contributed by atoms with van der Waals surface area (Å²) in [5.74, 6) is 0.281. The van der Waals surface area contributed by atoms with Gasteiger partial charge in [0.15, 0.2) is 22.8 Å². The molecule has 0 atom stereocenters. The van der Waals surface area contributed by atoms with E-state index in [1.165, 1.54) is 0 Å². The van der Waals surface area contributed by atoms with E-state index >= 15 is 0 Å². The summed E-state index contributed by atoms with van der Waals surface area (Å²) in [5.41, 5.74) is -0.494. The number of anilines is 1. The fourth-order valence-electron chi connectivity index (χ4n) is 3.41. The molecule has 1 amide bonds. The van der Waals surface area contributed by atoms with Crippen LogP contribution in [-0.4, -0.2) is 33.7 Å². The van der Waals surface area contributed by atoms with Crippen molar-refractivity contribution in [2.75, 3.05) is 18.5 Å². The summed E-state index contributed by atoms with van der Waals surface area (Å²) in [6, 6.07) is 12.4. The van der Waals surface area contributed by atoms with Gasteiger partial charge in [-0.3, -0.25) is 4.79 Å². The number of amides is 1. The predicted molar refractivity (Wildman–Crippen MR) is 117 cm³/mol. The van der Waals surface area contributed by atoms with Crippen molar-refractivity contribution in [1.29, 1.82) is 0 Å². The fourth-order valence-corrected chi connectivity index (χ4v) is 3.67. The van der Waals surface area contributed by atoms with Crippen LogP contribution in [0.4, 0.5) is 18.9 Å². The van der Waals surface area contributed by atoms with Gasteiger partial charge in [0.2, 0.25) is 0 Å². The van der Waals surface area contributed by atoms with Gasteiger partial charge in [0, 0.05) is 15.7 Å². The number of ether oxygens (including phenoxy) is 2. The molecular weight excluding hydrogens is 505 g/mol. The Bertz CT molecular complexity index is 1370. The van der Waals surface area contributed by atoms with Crippen LogP contribution in [-0.2, 0) is 6.18 Å². The third-order valence-corrected chi connectivity index (χ3v) is 5.48. The van der Waals surface area contributed by atoms with Gasteiger partial charge in [-0.1, -0.05) is 15.9 Å². The molecule has 0 saturated heterocycles. The summed E-state index contributed by atoms with van der Waals surface area (Å²) >= 11 is 3.30. The van der Waals surface area contributed by atoms with Gasteiger partial charge in [-0.05, 0) is 48.5 Å². The molecule has 0 unspecified atom stereocenters. The van der Waals surface area contributed by atoms with Crippen LogP contribution in [0.5, 0.6) is 11.5 Å². The van der Waals surface area contributed by atoms with Crippen LogP contribution in [0.3, 0.4) is 0 Å². The number of fused-ring (bicyclic) bond motifs is 2. The molecule has 0 radical (unpaired) electrons. The molecule has 1 aliphatic heterocycles. The molecule has 2 aromatic heterocycles. The van der Waals surface area contributed by atoms with Gasteiger partial charge in [-0.25, -0.2) is 9.50 Å². The number of carbonyl (C=O) groups excluding carboxylic acids is 1. The minimum atomic E-state index is -4.73. The molecular formula is C22H14BrF3N4O3. The van der Waals surface area contributed by atoms with E-state index < -0.39 is 17.8 Å². The Morgan fingerprint density at radius 2 is 1.76 bits per heavy atom. The topological polar surface area (TPSA) is 77.8 Å². The zero-order chi connectivity index (χ0) is 23.2. The lowest BCUT2D eigenvalue weighted by Crippen LogP contribution is -2.16. The van der Waals surface area contributed by atoms with Crippen LogP contribution in [0.25, 0.3) is 16.9 Å². The Morgan fingerprint density at radius 3 is 2.48 bits per heavy atom. The van der Waals surface area contributed by atoms with Crippen LogP contribution in [0.1, 0.15) is 16.1 Å². The third kappa shape index (κ3) is 4.11. The number of rotatable bonds is 3. The highest BCUT2D eigenvalue weighted by Gasteiger charge is 2.36. The van der Waals surface area contributed by atoms with E-state index in [1.807, 2.05) is 0 Å². The quantitative estimate of drug-likeness (QED) is 0.403. The highest BCUT2D eigenvalue weighted by Crippen LogP contribution is 2.37. The molecule has 2 aromatic carbocycles. The van der Waals surface area contributed by atoms with Crippen LogP contribution in [0.2, 0.25) is 0 Å². The van der Waals surface area contributed by atoms with Gasteiger partial charge >= 0.3 is 6.18 Å². The lowest BCUT2D eigenvalue weighted by Gasteiger charge is -2.19. The molecule has 5 rings (SSSR count). The van der Waals surface area contributed by atoms with Crippen LogP contribution in [0.15, 0.2) is 59.2 Å². The van der Waals surface area contributed by atoms with Crippen LogP contribution >= 0.6 is 15.9 Å². The van der Waals surface area contributed by atoms with Crippen LogP contribution < -0.4 is 14.8 Å². The summed E-state index contributed by atoms with van der Waals surface area (Å²) in [5, 5.41) is 6.44. The molecule has 4 aromatic rings. The van der Waals surface area contributed by atoms with Gasteiger partial charge < -0.3 is 14.8 Å². The Balaban J connectivity index is 1.61. The molecule has 0 aliphatic carbocycles. The number of aromatic nitrogens is 3. The molecule has 0 spiro atoms. The maximum absolute atomic E-state index is 13.8. The van der Waals surface area contributed by atoms with Crippen molar-refractivity contribution in [3.8, 4) is 22.8 Å². The lowest BCUT2D eigenvalue weighted by molar-refractivity contribution is -0.142. The third-order valence-electron chi connectivity index (χ3n) is 4.95. The molecule has 0 saturated carbocycles. The number of carbonyl (C=O) groups is 1. The Labute approximate surface area is 193 Å². The Morgan fingerprint density at radius 1 is 1.03 bits per heavy atom. The molecule has 3 heterocycles. The van der Waals surface area contributed by atoms with E-state index in [9.17, 15) is 18.0 Å². The maximum Gasteiger partial charge on any atom is 0.433 e. The number of hydrogen-bond donors (Lipinski definition) is 1. The molecule has 1 aliphatic rings. The highest BCUT2D eigenvalue weighted by atomic mass is 79.9. The van der Waals surface area contributed by atoms with Gasteiger partial charge in [0.25, 0.3) is 5.91 Å². The molecule has 1 N–H and O–H groups in total. The van der Waals surface area contributed by atoms with E-state index in [-0.39, 0.29) is 16.9 Å². The van der Waals surface area contributed by atoms with Gasteiger partial charge in [-0.15, -0.1) is 0 Å². The fraction of sp³-hybridized carbons (Fsp3) is 0.136. The second-order valence-electron chi connectivity index (χ2n) is 7.14. The van der Waals surface area contributed by atoms with Crippen molar-refractivity contribution >= 4 is 33.2 Å². The average molecular weight is 519 g/mol. The minimum absolute atomic E-state index is 0.0185. The zero-order valence-electron chi connectivity index (χ0n) is 16.7. The first-order valence-electron chi connectivity index (χ1n) is 9.72. The summed E-state index contributed by atoms with van der Waals surface area (Å²) in [6.45, 7) is 0.723. The SMILES string of the molecule is O=C(Nc1ccc(Br)cc1)c1cnn2c(C(F)(F)F)cc(-c3ccc4c(c3)OCCO4)nc12. The first-order chi connectivity index (χ1) is 15.8. The van der Waals surface area contributed by atoms with Crippen molar-refractivity contribution in [3.05, 3.63) is 70.5 Å². The minimum Gasteiger partial charge on any atom is -0.486 e. The van der Waals surface area contributed by atoms with Gasteiger partial charge in [0.05, 0.1) is 11.9 Å². The van der Waals surface area contributed by atoms with Gasteiger partial charge in [0.1, 0.15) is 18.8 Å². The predicted octanol–water partition coefficient (Wildman–Crippen LogP) is 5.20. The molecule has 7 nitrogen and oxygen atoms in total. The number of nitrogens with zero attached hydrogens (tertiary/aromatic N) is 3. The van der Waals surface area contributed by atoms with Crippen LogP contribution in [0, 0.1) is 0 Å². The van der Waals surface area contributed by atoms with E-state index in [0.29, 0.717) is 40.5 Å². The van der Waals surface area contributed by atoms with E-state index in [1.54, 1.807) is 42.5 Å². The Hall–Kier alpha value is -3.60. The standard InChI is InChI=1S/C22H14BrF3N4O3/c23-13-2-4-14(5-3-13)28-21(31)15-11-27-30-19(22(24,25)26)10-16(29-20(15)30)12-1-6-17-18(9-12)33-8-7-32-17/h1-6,9-11H,7-8H2,(H,28,31). The first-order valence-corrected chi connectivity index (χ1v) is 10.5. The van der Waals surface area contributed by atoms with E-state index in [2.05, 4.69) is 31.3 Å². The normalized spacial score (nSPS) is 13.2. The second-order valence-corrected chi connectivity index (χ2v) is 8.05. The van der Waals surface area contributed by atoms with Crippen molar-refractivity contribution in [3.63, 3.8) is 0 Å². The summed E-state index contributed by atoms with van der Waals surface area (Å²) in [4.78, 5) is 17.2. The van der Waals surface area contributed by atoms with Crippen molar-refractivity contribution in [2.24, 2.45) is 0 Å². The monoisotopic (exact) mass is 518 g/mol. The number of hydrogen-bond acceptors (Lipinski definition) is 5. The lowest BCUT2D eigenvalue weighted by atomic mass is 10.1. The van der Waals surface area contributed by atoms with E-state index in [0.717, 1.165) is 16.7 Å². The summed E-state index contributed by atoms with van der Waals surface area (Å²) < 4.78 is 54.0. The molecule has 168 valence electrons. The van der Waals surface area contributed by atoms with Crippen molar-refractivity contribution in [2.45, 2.75) is 6.18 Å². The summed E-state index contributed by atoms with van der Waals surface area (Å²) in [6.07, 6.45) is -3.66. The number of benzene rings is 2. The van der Waals surface area contributed by atoms with E-state index in [4.69, 9.17) is 9.47 Å². The average Bonchev–Trinajstić information content (AvgIpc) is 3.23. The van der Waals surface area contributed by atoms with Gasteiger partial charge in [-0.2, -0.15) is 18.3 Å². The Kier molecular flexibility index (Phi) is 5.20. The highest BCUT2D eigenvalue weighted by molar-refractivity contribution is 9.10. The number of alkyl halides is 3. The number of halogens is 4. The molecule has 0 bridgehead atoms. The largest absolute Gasteiger partial charge is 0.486 e. The molecule has 33 heavy (non-hydrogen) atoms. The maximum atomic E-state index is 13.8. The zero-order valence-corrected chi connectivity index (χ0v) is 18.3. The smallest absolute Gasteiger partial charge is 0.433 e. The molecule has 0 fully saturated rings. The second kappa shape index (κ2) is 8.07.